The summed E-state index contributed by atoms with van der Waals surface area (Å²) in [6, 6.07) is 6.91. The van der Waals surface area contributed by atoms with Gasteiger partial charge >= 0.3 is 6.03 Å². The maximum absolute atomic E-state index is 14.4. The van der Waals surface area contributed by atoms with Gasteiger partial charge in [-0.15, -0.1) is 5.10 Å². The standard InChI is InChI=1S/C22H25F2N7O/c1-14-13-29(10-8-25-14)22(32)27-21-12-26-19-6-7-20(28-31(19)21)30-9-2-3-18(30)16-11-15(23)4-5-17(16)24/h4-7,11-12,14,18,25H,2-3,8-10,13H2,1H3,(H,27,32)/t14-,18-/m0/s1. The van der Waals surface area contributed by atoms with Crippen LogP contribution in [0.3, 0.4) is 0 Å². The quantitative estimate of drug-likeness (QED) is 0.653. The Labute approximate surface area is 184 Å². The molecule has 3 aromatic rings. The van der Waals surface area contributed by atoms with E-state index in [0.29, 0.717) is 48.9 Å². The maximum atomic E-state index is 14.4. The van der Waals surface area contributed by atoms with Crippen molar-refractivity contribution in [3.63, 3.8) is 0 Å². The average Bonchev–Trinajstić information content (AvgIpc) is 3.42. The second-order valence-corrected chi connectivity index (χ2v) is 8.35. The van der Waals surface area contributed by atoms with E-state index in [9.17, 15) is 13.6 Å². The van der Waals surface area contributed by atoms with Crippen LogP contribution in [-0.2, 0) is 0 Å². The fraction of sp³-hybridized carbons (Fsp3) is 0.409. The number of rotatable bonds is 3. The van der Waals surface area contributed by atoms with Crippen LogP contribution in [0.5, 0.6) is 0 Å². The van der Waals surface area contributed by atoms with Crippen molar-refractivity contribution in [2.75, 3.05) is 36.4 Å². The van der Waals surface area contributed by atoms with Crippen molar-refractivity contribution < 1.29 is 13.6 Å². The number of carbonyl (C=O) groups excluding carboxylic acids is 1. The number of amides is 2. The summed E-state index contributed by atoms with van der Waals surface area (Å²) in [5.74, 6) is 0.197. The number of nitrogens with one attached hydrogen (secondary N) is 2. The van der Waals surface area contributed by atoms with E-state index in [4.69, 9.17) is 0 Å². The topological polar surface area (TPSA) is 77.8 Å². The Balaban J connectivity index is 1.42. The maximum Gasteiger partial charge on any atom is 0.323 e. The Hall–Kier alpha value is -3.27. The molecule has 168 valence electrons. The first-order valence-electron chi connectivity index (χ1n) is 10.9. The van der Waals surface area contributed by atoms with Gasteiger partial charge in [0.15, 0.2) is 11.5 Å². The summed E-state index contributed by atoms with van der Waals surface area (Å²) >= 11 is 0. The highest BCUT2D eigenvalue weighted by Gasteiger charge is 2.30. The van der Waals surface area contributed by atoms with E-state index in [1.807, 2.05) is 24.0 Å². The first-order valence-corrected chi connectivity index (χ1v) is 10.9. The number of piperazine rings is 1. The number of imidazole rings is 1. The van der Waals surface area contributed by atoms with Crippen LogP contribution < -0.4 is 15.5 Å². The highest BCUT2D eigenvalue weighted by molar-refractivity contribution is 5.88. The number of hydrogen-bond donors (Lipinski definition) is 2. The molecule has 0 aliphatic carbocycles. The SMILES string of the molecule is C[C@H]1CN(C(=O)Nc2cnc3ccc(N4CCC[C@H]4c4cc(F)ccc4F)nn23)CCN1. The molecule has 0 radical (unpaired) electrons. The zero-order valence-corrected chi connectivity index (χ0v) is 17.8. The lowest BCUT2D eigenvalue weighted by Gasteiger charge is -2.31. The van der Waals surface area contributed by atoms with Crippen molar-refractivity contribution in [3.8, 4) is 0 Å². The van der Waals surface area contributed by atoms with Crippen molar-refractivity contribution in [2.24, 2.45) is 0 Å². The van der Waals surface area contributed by atoms with Gasteiger partial charge < -0.3 is 15.1 Å². The molecule has 1 aromatic carbocycles. The van der Waals surface area contributed by atoms with Gasteiger partial charge in [-0.25, -0.2) is 18.6 Å². The van der Waals surface area contributed by atoms with Gasteiger partial charge in [0.2, 0.25) is 0 Å². The number of nitrogens with zero attached hydrogens (tertiary/aromatic N) is 5. The Bertz CT molecular complexity index is 1150. The highest BCUT2D eigenvalue weighted by Crippen LogP contribution is 2.36. The average molecular weight is 441 g/mol. The molecule has 5 rings (SSSR count). The third-order valence-corrected chi connectivity index (χ3v) is 6.10. The molecule has 2 aliphatic heterocycles. The van der Waals surface area contributed by atoms with E-state index in [0.717, 1.165) is 25.1 Å². The van der Waals surface area contributed by atoms with Gasteiger partial charge in [0, 0.05) is 37.8 Å². The van der Waals surface area contributed by atoms with Crippen molar-refractivity contribution in [1.82, 2.24) is 24.8 Å². The minimum absolute atomic E-state index is 0.201. The molecule has 0 saturated carbocycles. The predicted octanol–water partition coefficient (Wildman–Crippen LogP) is 3.17. The molecular weight excluding hydrogens is 416 g/mol. The number of hydrogen-bond acceptors (Lipinski definition) is 5. The van der Waals surface area contributed by atoms with Crippen LogP contribution in [0.25, 0.3) is 5.65 Å². The van der Waals surface area contributed by atoms with E-state index in [2.05, 4.69) is 20.7 Å². The molecule has 0 spiro atoms. The Morgan fingerprint density at radius 1 is 1.22 bits per heavy atom. The highest BCUT2D eigenvalue weighted by atomic mass is 19.1. The fourth-order valence-corrected chi connectivity index (χ4v) is 4.54. The second-order valence-electron chi connectivity index (χ2n) is 8.35. The minimum atomic E-state index is -0.460. The van der Waals surface area contributed by atoms with Crippen LogP contribution in [0.4, 0.5) is 25.2 Å². The molecule has 4 heterocycles. The lowest BCUT2D eigenvalue weighted by Crippen LogP contribution is -2.52. The van der Waals surface area contributed by atoms with Gasteiger partial charge in [0.05, 0.1) is 12.2 Å². The Morgan fingerprint density at radius 2 is 2.09 bits per heavy atom. The molecule has 0 unspecified atom stereocenters. The smallest absolute Gasteiger partial charge is 0.323 e. The van der Waals surface area contributed by atoms with E-state index < -0.39 is 11.6 Å². The molecule has 8 nitrogen and oxygen atoms in total. The van der Waals surface area contributed by atoms with Crippen LogP contribution in [-0.4, -0.2) is 57.7 Å². The van der Waals surface area contributed by atoms with Gasteiger partial charge in [0.1, 0.15) is 17.5 Å². The summed E-state index contributed by atoms with van der Waals surface area (Å²) in [7, 11) is 0. The van der Waals surface area contributed by atoms with Crippen molar-refractivity contribution in [1.29, 1.82) is 0 Å². The van der Waals surface area contributed by atoms with Gasteiger partial charge in [-0.1, -0.05) is 0 Å². The molecule has 2 fully saturated rings. The number of fused-ring (bicyclic) bond motifs is 1. The van der Waals surface area contributed by atoms with Crippen LogP contribution >= 0.6 is 0 Å². The molecule has 10 heteroatoms. The van der Waals surface area contributed by atoms with Gasteiger partial charge in [-0.05, 0) is 50.1 Å². The van der Waals surface area contributed by atoms with Gasteiger partial charge in [0.25, 0.3) is 0 Å². The number of benzene rings is 1. The summed E-state index contributed by atoms with van der Waals surface area (Å²) in [6.07, 6.45) is 3.12. The number of aromatic nitrogens is 3. The van der Waals surface area contributed by atoms with Gasteiger partial charge in [-0.3, -0.25) is 5.32 Å². The lowest BCUT2D eigenvalue weighted by molar-refractivity contribution is 0.192. The summed E-state index contributed by atoms with van der Waals surface area (Å²) in [5.41, 5.74) is 0.918. The molecular formula is C22H25F2N7O. The zero-order valence-electron chi connectivity index (χ0n) is 17.8. The Kier molecular flexibility index (Phi) is 5.38. The molecule has 2 saturated heterocycles. The second kappa shape index (κ2) is 8.34. The monoisotopic (exact) mass is 441 g/mol. The molecule has 2 amide bonds. The summed E-state index contributed by atoms with van der Waals surface area (Å²) < 4.78 is 29.8. The number of urea groups is 1. The van der Waals surface area contributed by atoms with E-state index in [-0.39, 0.29) is 18.1 Å². The predicted molar refractivity (Wildman–Crippen MR) is 117 cm³/mol. The van der Waals surface area contributed by atoms with E-state index >= 15 is 0 Å². The minimum Gasteiger partial charge on any atom is -0.348 e. The third-order valence-electron chi connectivity index (χ3n) is 6.10. The molecule has 0 bridgehead atoms. The third kappa shape index (κ3) is 3.86. The first kappa shape index (κ1) is 20.6. The fourth-order valence-electron chi connectivity index (χ4n) is 4.54. The van der Waals surface area contributed by atoms with Crippen LogP contribution in [0.15, 0.2) is 36.5 Å². The van der Waals surface area contributed by atoms with Crippen LogP contribution in [0, 0.1) is 11.6 Å². The number of halogens is 2. The van der Waals surface area contributed by atoms with Crippen molar-refractivity contribution >= 4 is 23.3 Å². The normalized spacial score (nSPS) is 21.3. The Morgan fingerprint density at radius 3 is 2.94 bits per heavy atom. The summed E-state index contributed by atoms with van der Waals surface area (Å²) in [5, 5.41) is 10.9. The number of carbonyl (C=O) groups is 1. The van der Waals surface area contributed by atoms with Crippen LogP contribution in [0.1, 0.15) is 31.4 Å². The van der Waals surface area contributed by atoms with Gasteiger partial charge in [-0.2, -0.15) is 4.52 Å². The molecule has 32 heavy (non-hydrogen) atoms. The van der Waals surface area contributed by atoms with Crippen LogP contribution in [0.2, 0.25) is 0 Å². The summed E-state index contributed by atoms with van der Waals surface area (Å²) in [4.78, 5) is 20.8. The van der Waals surface area contributed by atoms with Crippen molar-refractivity contribution in [2.45, 2.75) is 31.8 Å². The molecule has 2 N–H and O–H groups in total. The van der Waals surface area contributed by atoms with E-state index in [1.54, 1.807) is 15.6 Å². The largest absolute Gasteiger partial charge is 0.348 e. The zero-order chi connectivity index (χ0) is 22.2. The number of anilines is 2. The lowest BCUT2D eigenvalue weighted by atomic mass is 10.0. The summed E-state index contributed by atoms with van der Waals surface area (Å²) in [6.45, 7) is 4.71. The molecule has 2 atom stereocenters. The van der Waals surface area contributed by atoms with E-state index in [1.165, 1.54) is 6.07 Å². The molecule has 2 aliphatic rings. The first-order chi connectivity index (χ1) is 15.5. The molecule has 2 aromatic heterocycles. The van der Waals surface area contributed by atoms with Crippen molar-refractivity contribution in [3.05, 3.63) is 53.7 Å².